The number of aryl methyl sites for hydroxylation is 2. The van der Waals surface area contributed by atoms with Gasteiger partial charge in [-0.3, -0.25) is 0 Å². The summed E-state index contributed by atoms with van der Waals surface area (Å²) in [6.45, 7) is 2.17. The van der Waals surface area contributed by atoms with Crippen LogP contribution in [0.5, 0.6) is 0 Å². The van der Waals surface area contributed by atoms with Crippen molar-refractivity contribution in [1.29, 1.82) is 0 Å². The van der Waals surface area contributed by atoms with Gasteiger partial charge in [-0.05, 0) is 6.92 Å². The molecular weight excluding hydrogens is 200 g/mol. The monoisotopic (exact) mass is 208 g/mol. The number of halogens is 1. The first-order valence-corrected chi connectivity index (χ1v) is 5.87. The van der Waals surface area contributed by atoms with Gasteiger partial charge >= 0.3 is 0 Å². The maximum atomic E-state index is 10.6. The topological polar surface area (TPSA) is 52.0 Å². The molecule has 6 heteroatoms. The van der Waals surface area contributed by atoms with E-state index >= 15 is 0 Å². The van der Waals surface area contributed by atoms with Crippen LogP contribution in [0.25, 0.3) is 0 Å². The third-order valence-corrected chi connectivity index (χ3v) is 2.63. The van der Waals surface area contributed by atoms with E-state index in [-0.39, 0.29) is 5.75 Å². The van der Waals surface area contributed by atoms with Crippen molar-refractivity contribution in [3.63, 3.8) is 0 Å². The molecule has 1 aromatic rings. The number of hydrogen-bond donors (Lipinski definition) is 0. The Kier molecular flexibility index (Phi) is 2.74. The highest BCUT2D eigenvalue weighted by molar-refractivity contribution is 8.13. The van der Waals surface area contributed by atoms with Gasteiger partial charge < -0.3 is 4.57 Å². The average Bonchev–Trinajstić information content (AvgIpc) is 2.29. The van der Waals surface area contributed by atoms with Crippen molar-refractivity contribution in [3.8, 4) is 0 Å². The van der Waals surface area contributed by atoms with E-state index in [9.17, 15) is 8.42 Å². The van der Waals surface area contributed by atoms with E-state index < -0.39 is 9.05 Å². The summed E-state index contributed by atoms with van der Waals surface area (Å²) in [5.74, 6) is 0.724. The Bertz CT molecular complexity index is 357. The second-order valence-electron chi connectivity index (χ2n) is 2.41. The first-order valence-electron chi connectivity index (χ1n) is 3.39. The highest BCUT2D eigenvalue weighted by Crippen LogP contribution is 2.00. The van der Waals surface area contributed by atoms with Crippen molar-refractivity contribution < 1.29 is 8.42 Å². The SMILES string of the molecule is Cc1nccn1CCS(=O)(=O)Cl. The molecule has 0 atom stereocenters. The van der Waals surface area contributed by atoms with Gasteiger partial charge in [0.2, 0.25) is 9.05 Å². The molecule has 0 bridgehead atoms. The zero-order valence-corrected chi connectivity index (χ0v) is 8.14. The fraction of sp³-hybridized carbons (Fsp3) is 0.500. The number of nitrogens with zero attached hydrogens (tertiary/aromatic N) is 2. The van der Waals surface area contributed by atoms with Crippen LogP contribution in [0.15, 0.2) is 12.4 Å². The van der Waals surface area contributed by atoms with Crippen LogP contribution in [0.2, 0.25) is 0 Å². The molecule has 0 aromatic carbocycles. The van der Waals surface area contributed by atoms with Crippen molar-refractivity contribution >= 4 is 19.7 Å². The predicted molar refractivity (Wildman–Crippen MR) is 46.6 cm³/mol. The summed E-state index contributed by atoms with van der Waals surface area (Å²) in [6, 6.07) is 0. The molecule has 12 heavy (non-hydrogen) atoms. The molecule has 0 saturated heterocycles. The summed E-state index contributed by atoms with van der Waals surface area (Å²) in [4.78, 5) is 3.94. The van der Waals surface area contributed by atoms with Crippen LogP contribution in [0.4, 0.5) is 0 Å². The lowest BCUT2D eigenvalue weighted by Gasteiger charge is -2.01. The van der Waals surface area contributed by atoms with Crippen LogP contribution < -0.4 is 0 Å². The minimum absolute atomic E-state index is 0.0637. The molecule has 0 unspecified atom stereocenters. The zero-order chi connectivity index (χ0) is 9.19. The average molecular weight is 209 g/mol. The van der Waals surface area contributed by atoms with Crippen LogP contribution in [-0.4, -0.2) is 23.7 Å². The molecule has 0 N–H and O–H groups in total. The molecule has 0 aliphatic rings. The maximum Gasteiger partial charge on any atom is 0.234 e. The van der Waals surface area contributed by atoms with Gasteiger partial charge in [0.1, 0.15) is 5.82 Å². The molecular formula is C6H9ClN2O2S. The van der Waals surface area contributed by atoms with Crippen LogP contribution in [-0.2, 0) is 15.6 Å². The van der Waals surface area contributed by atoms with Crippen molar-refractivity contribution in [3.05, 3.63) is 18.2 Å². The lowest BCUT2D eigenvalue weighted by molar-refractivity contribution is 0.601. The van der Waals surface area contributed by atoms with Crippen molar-refractivity contribution in [2.45, 2.75) is 13.5 Å². The fourth-order valence-electron chi connectivity index (χ4n) is 0.847. The van der Waals surface area contributed by atoms with Crippen molar-refractivity contribution in [2.75, 3.05) is 5.75 Å². The number of aromatic nitrogens is 2. The Morgan fingerprint density at radius 1 is 1.67 bits per heavy atom. The number of imidazole rings is 1. The summed E-state index contributed by atoms with van der Waals surface area (Å²) >= 11 is 0. The summed E-state index contributed by atoms with van der Waals surface area (Å²) in [5.41, 5.74) is 0. The Balaban J connectivity index is 2.61. The Labute approximate surface area is 75.6 Å². The van der Waals surface area contributed by atoms with E-state index in [4.69, 9.17) is 10.7 Å². The lowest BCUT2D eigenvalue weighted by atomic mass is 10.6. The minimum Gasteiger partial charge on any atom is -0.334 e. The van der Waals surface area contributed by atoms with Gasteiger partial charge in [-0.25, -0.2) is 13.4 Å². The number of rotatable bonds is 3. The molecule has 4 nitrogen and oxygen atoms in total. The second kappa shape index (κ2) is 3.45. The Morgan fingerprint density at radius 3 is 2.75 bits per heavy atom. The summed E-state index contributed by atoms with van der Waals surface area (Å²) in [6.07, 6.45) is 3.34. The van der Waals surface area contributed by atoms with Gasteiger partial charge in [-0.15, -0.1) is 0 Å². The molecule has 0 spiro atoms. The van der Waals surface area contributed by atoms with E-state index in [2.05, 4.69) is 4.98 Å². The lowest BCUT2D eigenvalue weighted by Crippen LogP contribution is -2.08. The predicted octanol–water partition coefficient (Wildman–Crippen LogP) is 0.760. The second-order valence-corrected chi connectivity index (χ2v) is 5.31. The van der Waals surface area contributed by atoms with Gasteiger partial charge in [0.25, 0.3) is 0 Å². The molecule has 0 fully saturated rings. The molecule has 1 heterocycles. The largest absolute Gasteiger partial charge is 0.334 e. The van der Waals surface area contributed by atoms with E-state index in [1.165, 1.54) is 0 Å². The first kappa shape index (κ1) is 9.54. The first-order chi connectivity index (χ1) is 5.49. The van der Waals surface area contributed by atoms with Crippen LogP contribution in [0, 0.1) is 6.92 Å². The fourth-order valence-corrected chi connectivity index (χ4v) is 1.47. The minimum atomic E-state index is -3.39. The van der Waals surface area contributed by atoms with E-state index in [0.717, 1.165) is 5.82 Å². The van der Waals surface area contributed by atoms with E-state index in [1.54, 1.807) is 23.9 Å². The molecule has 1 rings (SSSR count). The van der Waals surface area contributed by atoms with Crippen LogP contribution in [0.1, 0.15) is 5.82 Å². The van der Waals surface area contributed by atoms with Crippen LogP contribution >= 0.6 is 10.7 Å². The molecule has 0 saturated carbocycles. The van der Waals surface area contributed by atoms with Gasteiger partial charge in [-0.2, -0.15) is 0 Å². The smallest absolute Gasteiger partial charge is 0.234 e. The Hall–Kier alpha value is -0.550. The molecule has 0 radical (unpaired) electrons. The standard InChI is InChI=1S/C6H9ClN2O2S/c1-6-8-2-3-9(6)4-5-12(7,10)11/h2-3H,4-5H2,1H3. The molecule has 0 aliphatic carbocycles. The van der Waals surface area contributed by atoms with Crippen molar-refractivity contribution in [2.24, 2.45) is 0 Å². The van der Waals surface area contributed by atoms with E-state index in [1.807, 2.05) is 0 Å². The van der Waals surface area contributed by atoms with Crippen LogP contribution in [0.3, 0.4) is 0 Å². The Morgan fingerprint density at radius 2 is 2.33 bits per heavy atom. The summed E-state index contributed by atoms with van der Waals surface area (Å²) in [5, 5.41) is 0. The third kappa shape index (κ3) is 2.83. The maximum absolute atomic E-state index is 10.6. The molecule has 1 aromatic heterocycles. The van der Waals surface area contributed by atoms with Gasteiger partial charge in [0.05, 0.1) is 5.75 Å². The molecule has 68 valence electrons. The quantitative estimate of drug-likeness (QED) is 0.690. The highest BCUT2D eigenvalue weighted by atomic mass is 35.7. The zero-order valence-electron chi connectivity index (χ0n) is 6.57. The molecule has 0 amide bonds. The summed E-state index contributed by atoms with van der Waals surface area (Å²) < 4.78 is 22.9. The highest BCUT2D eigenvalue weighted by Gasteiger charge is 2.05. The van der Waals surface area contributed by atoms with E-state index in [0.29, 0.717) is 6.54 Å². The van der Waals surface area contributed by atoms with Gasteiger partial charge in [0.15, 0.2) is 0 Å². The molecule has 0 aliphatic heterocycles. The summed E-state index contributed by atoms with van der Waals surface area (Å²) in [7, 11) is 1.65. The third-order valence-electron chi connectivity index (χ3n) is 1.50. The van der Waals surface area contributed by atoms with Crippen molar-refractivity contribution in [1.82, 2.24) is 9.55 Å². The van der Waals surface area contributed by atoms with Gasteiger partial charge in [0, 0.05) is 29.6 Å². The van der Waals surface area contributed by atoms with Gasteiger partial charge in [-0.1, -0.05) is 0 Å². The normalized spacial score (nSPS) is 11.8. The number of hydrogen-bond acceptors (Lipinski definition) is 3.